The summed E-state index contributed by atoms with van der Waals surface area (Å²) in [6.45, 7) is 6.63. The van der Waals surface area contributed by atoms with Crippen molar-refractivity contribution < 1.29 is 4.74 Å². The van der Waals surface area contributed by atoms with Crippen molar-refractivity contribution in [2.45, 2.75) is 32.6 Å². The molecule has 0 radical (unpaired) electrons. The van der Waals surface area contributed by atoms with Crippen LogP contribution in [0.2, 0.25) is 5.02 Å². The fraction of sp³-hybridized carbons (Fsp3) is 0.278. The van der Waals surface area contributed by atoms with Gasteiger partial charge >= 0.3 is 0 Å². The highest BCUT2D eigenvalue weighted by molar-refractivity contribution is 6.32. The van der Waals surface area contributed by atoms with Crippen LogP contribution in [0.4, 0.5) is 0 Å². The van der Waals surface area contributed by atoms with E-state index < -0.39 is 0 Å². The highest BCUT2D eigenvalue weighted by atomic mass is 35.5. The van der Waals surface area contributed by atoms with Crippen LogP contribution in [0.15, 0.2) is 42.5 Å². The summed E-state index contributed by atoms with van der Waals surface area (Å²) >= 11 is 6.11. The number of hydrogen-bond acceptors (Lipinski definition) is 2. The quantitative estimate of drug-likeness (QED) is 0.726. The zero-order chi connectivity index (χ0) is 15.5. The first-order valence-electron chi connectivity index (χ1n) is 6.94. The molecule has 0 unspecified atom stereocenters. The third-order valence-corrected chi connectivity index (χ3v) is 4.10. The molecule has 0 heterocycles. The summed E-state index contributed by atoms with van der Waals surface area (Å²) in [6, 6.07) is 15.1. The van der Waals surface area contributed by atoms with E-state index in [4.69, 9.17) is 21.6 Å². The van der Waals surface area contributed by atoms with Crippen molar-refractivity contribution in [1.82, 2.24) is 0 Å². The average molecular weight is 300 g/mol. The molecule has 21 heavy (non-hydrogen) atoms. The Labute approximate surface area is 130 Å². The molecule has 0 amide bonds. The molecule has 0 aliphatic heterocycles. The van der Waals surface area contributed by atoms with Gasteiger partial charge in [-0.25, -0.2) is 0 Å². The summed E-state index contributed by atoms with van der Waals surface area (Å²) in [5.41, 5.74) is 1.96. The van der Waals surface area contributed by atoms with Crippen LogP contribution in [0.25, 0.3) is 0 Å². The maximum atomic E-state index is 8.82. The first-order valence-corrected chi connectivity index (χ1v) is 7.32. The Hall–Kier alpha value is -1.98. The molecule has 3 heteroatoms. The van der Waals surface area contributed by atoms with Crippen molar-refractivity contribution in [3.05, 3.63) is 58.6 Å². The van der Waals surface area contributed by atoms with Gasteiger partial charge in [0.05, 0.1) is 16.7 Å². The Balaban J connectivity index is 2.20. The lowest BCUT2D eigenvalue weighted by Gasteiger charge is -2.23. The Kier molecular flexibility index (Phi) is 4.55. The number of nitriles is 1. The van der Waals surface area contributed by atoms with Crippen LogP contribution in [-0.2, 0) is 5.41 Å². The smallest absolute Gasteiger partial charge is 0.146 e. The zero-order valence-corrected chi connectivity index (χ0v) is 13.2. The molecule has 0 atom stereocenters. The Bertz CT molecular complexity index is 669. The summed E-state index contributed by atoms with van der Waals surface area (Å²) < 4.78 is 5.77. The second-order valence-electron chi connectivity index (χ2n) is 5.62. The van der Waals surface area contributed by atoms with Crippen LogP contribution < -0.4 is 4.74 Å². The molecule has 2 aromatic carbocycles. The highest BCUT2D eigenvalue weighted by Gasteiger charge is 2.17. The first-order chi connectivity index (χ1) is 9.96. The molecule has 2 nitrogen and oxygen atoms in total. The normalized spacial score (nSPS) is 11.0. The van der Waals surface area contributed by atoms with Gasteiger partial charge in [-0.05, 0) is 47.7 Å². The maximum Gasteiger partial charge on any atom is 0.146 e. The molecule has 108 valence electrons. The molecule has 0 aliphatic carbocycles. The standard InChI is InChI=1S/C18H18ClNO/c1-4-18(2,3)14-6-8-15(9-7-14)21-17-10-5-13(12-20)11-16(17)19/h5-11H,4H2,1-3H3. The average Bonchev–Trinajstić information content (AvgIpc) is 2.50. The van der Waals surface area contributed by atoms with Crippen LogP contribution >= 0.6 is 11.6 Å². The van der Waals surface area contributed by atoms with Crippen LogP contribution in [0.5, 0.6) is 11.5 Å². The zero-order valence-electron chi connectivity index (χ0n) is 12.5. The fourth-order valence-corrected chi connectivity index (χ4v) is 2.18. The third kappa shape index (κ3) is 3.56. The summed E-state index contributed by atoms with van der Waals surface area (Å²) in [6.07, 6.45) is 1.08. The van der Waals surface area contributed by atoms with Crippen LogP contribution in [-0.4, -0.2) is 0 Å². The number of hydrogen-bond donors (Lipinski definition) is 0. The summed E-state index contributed by atoms with van der Waals surface area (Å²) in [7, 11) is 0. The van der Waals surface area contributed by atoms with Crippen LogP contribution in [0, 0.1) is 11.3 Å². The minimum atomic E-state index is 0.157. The number of rotatable bonds is 4. The van der Waals surface area contributed by atoms with Gasteiger partial charge < -0.3 is 4.74 Å². The fourth-order valence-electron chi connectivity index (χ4n) is 1.96. The van der Waals surface area contributed by atoms with E-state index in [1.54, 1.807) is 18.2 Å². The van der Waals surface area contributed by atoms with Gasteiger partial charge in [-0.1, -0.05) is 44.5 Å². The number of halogens is 1. The minimum Gasteiger partial charge on any atom is -0.456 e. The minimum absolute atomic E-state index is 0.157. The lowest BCUT2D eigenvalue weighted by Crippen LogP contribution is -2.14. The molecular weight excluding hydrogens is 282 g/mol. The van der Waals surface area contributed by atoms with Gasteiger partial charge in [0.15, 0.2) is 0 Å². The van der Waals surface area contributed by atoms with Crippen LogP contribution in [0.1, 0.15) is 38.3 Å². The van der Waals surface area contributed by atoms with E-state index in [0.29, 0.717) is 16.3 Å². The molecule has 0 aromatic heterocycles. The van der Waals surface area contributed by atoms with E-state index in [0.717, 1.165) is 12.2 Å². The van der Waals surface area contributed by atoms with E-state index in [2.05, 4.69) is 32.9 Å². The molecule has 0 saturated heterocycles. The van der Waals surface area contributed by atoms with Crippen molar-refractivity contribution in [2.75, 3.05) is 0 Å². The summed E-state index contributed by atoms with van der Waals surface area (Å²) in [5, 5.41) is 9.26. The Morgan fingerprint density at radius 1 is 1.14 bits per heavy atom. The molecule has 0 saturated carbocycles. The molecule has 2 aromatic rings. The van der Waals surface area contributed by atoms with Gasteiger partial charge in [0.1, 0.15) is 11.5 Å². The summed E-state index contributed by atoms with van der Waals surface area (Å²) in [5.74, 6) is 1.29. The van der Waals surface area contributed by atoms with Gasteiger partial charge in [-0.3, -0.25) is 0 Å². The Morgan fingerprint density at radius 2 is 1.81 bits per heavy atom. The largest absolute Gasteiger partial charge is 0.456 e. The number of benzene rings is 2. The maximum absolute atomic E-state index is 8.82. The van der Waals surface area contributed by atoms with Crippen molar-refractivity contribution in [1.29, 1.82) is 5.26 Å². The third-order valence-electron chi connectivity index (χ3n) is 3.81. The SMILES string of the molecule is CCC(C)(C)c1ccc(Oc2ccc(C#N)cc2Cl)cc1. The van der Waals surface area contributed by atoms with Gasteiger partial charge in [-0.15, -0.1) is 0 Å². The topological polar surface area (TPSA) is 33.0 Å². The Morgan fingerprint density at radius 3 is 2.33 bits per heavy atom. The van der Waals surface area contributed by atoms with E-state index in [9.17, 15) is 0 Å². The summed E-state index contributed by atoms with van der Waals surface area (Å²) in [4.78, 5) is 0. The van der Waals surface area contributed by atoms with Gasteiger partial charge in [0.25, 0.3) is 0 Å². The van der Waals surface area contributed by atoms with E-state index in [1.807, 2.05) is 18.2 Å². The molecule has 0 N–H and O–H groups in total. The lowest BCUT2D eigenvalue weighted by atomic mass is 9.82. The van der Waals surface area contributed by atoms with Crippen molar-refractivity contribution >= 4 is 11.6 Å². The molecule has 0 spiro atoms. The molecule has 2 rings (SSSR count). The monoisotopic (exact) mass is 299 g/mol. The lowest BCUT2D eigenvalue weighted by molar-refractivity contribution is 0.478. The molecule has 0 fully saturated rings. The molecule has 0 aliphatic rings. The first kappa shape index (κ1) is 15.4. The second kappa shape index (κ2) is 6.20. The van der Waals surface area contributed by atoms with E-state index in [1.165, 1.54) is 5.56 Å². The van der Waals surface area contributed by atoms with Crippen LogP contribution in [0.3, 0.4) is 0 Å². The molecule has 0 bridgehead atoms. The van der Waals surface area contributed by atoms with Crippen molar-refractivity contribution in [3.63, 3.8) is 0 Å². The second-order valence-corrected chi connectivity index (χ2v) is 6.03. The molecular formula is C18H18ClNO. The van der Waals surface area contributed by atoms with Gasteiger partial charge in [0.2, 0.25) is 0 Å². The predicted octanol–water partition coefficient (Wildman–Crippen LogP) is 5.69. The van der Waals surface area contributed by atoms with E-state index >= 15 is 0 Å². The highest BCUT2D eigenvalue weighted by Crippen LogP contribution is 2.32. The van der Waals surface area contributed by atoms with Gasteiger partial charge in [-0.2, -0.15) is 5.26 Å². The van der Waals surface area contributed by atoms with Gasteiger partial charge in [0, 0.05) is 0 Å². The number of ether oxygens (including phenoxy) is 1. The number of nitrogens with zero attached hydrogens (tertiary/aromatic N) is 1. The predicted molar refractivity (Wildman–Crippen MR) is 86.0 cm³/mol. The van der Waals surface area contributed by atoms with Crippen molar-refractivity contribution in [3.8, 4) is 17.6 Å². The van der Waals surface area contributed by atoms with Crippen molar-refractivity contribution in [2.24, 2.45) is 0 Å². The van der Waals surface area contributed by atoms with E-state index in [-0.39, 0.29) is 5.41 Å².